The Morgan fingerprint density at radius 2 is 2.14 bits per heavy atom. The number of carbonyl (C=O) groups excluding carboxylic acids is 1. The van der Waals surface area contributed by atoms with E-state index in [0.717, 1.165) is 36.9 Å². The predicted octanol–water partition coefficient (Wildman–Crippen LogP) is 2.73. The summed E-state index contributed by atoms with van der Waals surface area (Å²) in [5.74, 6) is 2.00. The molecular formula is C15H18N4O2S. The van der Waals surface area contributed by atoms with E-state index in [0.29, 0.717) is 17.7 Å². The molecule has 22 heavy (non-hydrogen) atoms. The van der Waals surface area contributed by atoms with Crippen molar-refractivity contribution in [2.24, 2.45) is 0 Å². The molecule has 2 fully saturated rings. The highest BCUT2D eigenvalue weighted by Crippen LogP contribution is 2.39. The van der Waals surface area contributed by atoms with Gasteiger partial charge in [0.15, 0.2) is 5.76 Å². The summed E-state index contributed by atoms with van der Waals surface area (Å²) in [4.78, 5) is 18.6. The SMILES string of the molecule is O=C(c1ccco1)N1CCC(Nc2nc(C3CC3)ns2)CC1. The molecular weight excluding hydrogens is 300 g/mol. The van der Waals surface area contributed by atoms with Crippen LogP contribution in [0, 0.1) is 0 Å². The summed E-state index contributed by atoms with van der Waals surface area (Å²) in [6.45, 7) is 1.48. The summed E-state index contributed by atoms with van der Waals surface area (Å²) >= 11 is 1.45. The van der Waals surface area contributed by atoms with E-state index in [1.54, 1.807) is 12.1 Å². The fraction of sp³-hybridized carbons (Fsp3) is 0.533. The van der Waals surface area contributed by atoms with Crippen LogP contribution in [0.15, 0.2) is 22.8 Å². The van der Waals surface area contributed by atoms with Crippen molar-refractivity contribution < 1.29 is 9.21 Å². The first-order valence-corrected chi connectivity index (χ1v) is 8.50. The zero-order valence-electron chi connectivity index (χ0n) is 12.2. The molecule has 2 aliphatic rings. The fourth-order valence-corrected chi connectivity index (χ4v) is 3.48. The molecule has 2 aromatic rings. The third kappa shape index (κ3) is 2.85. The number of rotatable bonds is 4. The van der Waals surface area contributed by atoms with Crippen molar-refractivity contribution in [1.82, 2.24) is 14.3 Å². The minimum absolute atomic E-state index is 0.0182. The minimum Gasteiger partial charge on any atom is -0.459 e. The Kier molecular flexibility index (Phi) is 3.57. The van der Waals surface area contributed by atoms with Gasteiger partial charge in [0.1, 0.15) is 5.82 Å². The van der Waals surface area contributed by atoms with E-state index in [1.807, 2.05) is 4.90 Å². The van der Waals surface area contributed by atoms with Crippen molar-refractivity contribution in [2.75, 3.05) is 18.4 Å². The lowest BCUT2D eigenvalue weighted by Crippen LogP contribution is -2.42. The van der Waals surface area contributed by atoms with Gasteiger partial charge in [0.05, 0.1) is 6.26 Å². The van der Waals surface area contributed by atoms with Crippen LogP contribution in [0.2, 0.25) is 0 Å². The number of hydrogen-bond acceptors (Lipinski definition) is 6. The van der Waals surface area contributed by atoms with Gasteiger partial charge in [-0.25, -0.2) is 4.98 Å². The highest BCUT2D eigenvalue weighted by Gasteiger charge is 2.29. The maximum absolute atomic E-state index is 12.2. The molecule has 0 spiro atoms. The second-order valence-electron chi connectivity index (χ2n) is 5.92. The molecule has 0 radical (unpaired) electrons. The number of furan rings is 1. The molecule has 1 saturated carbocycles. The highest BCUT2D eigenvalue weighted by atomic mass is 32.1. The second-order valence-corrected chi connectivity index (χ2v) is 6.67. The molecule has 4 rings (SSSR count). The lowest BCUT2D eigenvalue weighted by molar-refractivity contribution is 0.0686. The van der Waals surface area contributed by atoms with Crippen molar-refractivity contribution in [2.45, 2.75) is 37.6 Å². The Balaban J connectivity index is 1.30. The second kappa shape index (κ2) is 5.72. The first-order valence-electron chi connectivity index (χ1n) is 7.72. The molecule has 1 aliphatic heterocycles. The Hall–Kier alpha value is -1.89. The van der Waals surface area contributed by atoms with E-state index in [2.05, 4.69) is 14.7 Å². The van der Waals surface area contributed by atoms with Crippen molar-refractivity contribution in [3.63, 3.8) is 0 Å². The van der Waals surface area contributed by atoms with E-state index in [-0.39, 0.29) is 5.91 Å². The minimum atomic E-state index is -0.0182. The smallest absolute Gasteiger partial charge is 0.289 e. The van der Waals surface area contributed by atoms with Gasteiger partial charge in [-0.05, 0) is 37.8 Å². The average Bonchev–Trinajstić information content (AvgIpc) is 3.06. The van der Waals surface area contributed by atoms with Crippen LogP contribution < -0.4 is 5.32 Å². The van der Waals surface area contributed by atoms with Crippen molar-refractivity contribution >= 4 is 22.6 Å². The van der Waals surface area contributed by atoms with Gasteiger partial charge in [0.25, 0.3) is 5.91 Å². The van der Waals surface area contributed by atoms with Gasteiger partial charge in [-0.2, -0.15) is 4.37 Å². The molecule has 0 atom stereocenters. The molecule has 7 heteroatoms. The summed E-state index contributed by atoms with van der Waals surface area (Å²) in [7, 11) is 0. The monoisotopic (exact) mass is 318 g/mol. The molecule has 0 bridgehead atoms. The van der Waals surface area contributed by atoms with Crippen molar-refractivity contribution in [1.29, 1.82) is 0 Å². The first kappa shape index (κ1) is 13.8. The van der Waals surface area contributed by atoms with Crippen LogP contribution in [0.4, 0.5) is 5.13 Å². The molecule has 2 aromatic heterocycles. The summed E-state index contributed by atoms with van der Waals surface area (Å²) in [6, 6.07) is 3.82. The quantitative estimate of drug-likeness (QED) is 0.938. The van der Waals surface area contributed by atoms with Gasteiger partial charge in [0, 0.05) is 36.6 Å². The van der Waals surface area contributed by atoms with E-state index < -0.39 is 0 Å². The summed E-state index contributed by atoms with van der Waals surface area (Å²) < 4.78 is 9.59. The average molecular weight is 318 g/mol. The van der Waals surface area contributed by atoms with E-state index in [9.17, 15) is 4.79 Å². The van der Waals surface area contributed by atoms with E-state index in [1.165, 1.54) is 30.6 Å². The van der Waals surface area contributed by atoms with E-state index in [4.69, 9.17) is 4.42 Å². The Morgan fingerprint density at radius 1 is 1.32 bits per heavy atom. The van der Waals surface area contributed by atoms with Crippen molar-refractivity contribution in [3.8, 4) is 0 Å². The third-order valence-corrected chi connectivity index (χ3v) is 4.89. The van der Waals surface area contributed by atoms with Crippen LogP contribution in [0.25, 0.3) is 0 Å². The normalized spacial score (nSPS) is 19.4. The van der Waals surface area contributed by atoms with Gasteiger partial charge in [-0.15, -0.1) is 0 Å². The maximum Gasteiger partial charge on any atom is 0.289 e. The molecule has 6 nitrogen and oxygen atoms in total. The summed E-state index contributed by atoms with van der Waals surface area (Å²) in [5.41, 5.74) is 0. The number of likely N-dealkylation sites (tertiary alicyclic amines) is 1. The Morgan fingerprint density at radius 3 is 2.82 bits per heavy atom. The molecule has 1 amide bonds. The summed E-state index contributed by atoms with van der Waals surface area (Å²) in [5, 5.41) is 4.38. The van der Waals surface area contributed by atoms with Gasteiger partial charge in [-0.1, -0.05) is 0 Å². The molecule has 1 aliphatic carbocycles. The lowest BCUT2D eigenvalue weighted by atomic mass is 10.1. The van der Waals surface area contributed by atoms with E-state index >= 15 is 0 Å². The van der Waals surface area contributed by atoms with Gasteiger partial charge < -0.3 is 14.6 Å². The first-order chi connectivity index (χ1) is 10.8. The highest BCUT2D eigenvalue weighted by molar-refractivity contribution is 7.09. The fourth-order valence-electron chi connectivity index (χ4n) is 2.76. The number of carbonyl (C=O) groups is 1. The Bertz CT molecular complexity index is 642. The largest absolute Gasteiger partial charge is 0.459 e. The number of nitrogens with zero attached hydrogens (tertiary/aromatic N) is 3. The lowest BCUT2D eigenvalue weighted by Gasteiger charge is -2.31. The number of nitrogens with one attached hydrogen (secondary N) is 1. The number of hydrogen-bond donors (Lipinski definition) is 1. The van der Waals surface area contributed by atoms with Gasteiger partial charge >= 0.3 is 0 Å². The predicted molar refractivity (Wildman–Crippen MR) is 83.1 cm³/mol. The third-order valence-electron chi connectivity index (χ3n) is 4.23. The molecule has 1 saturated heterocycles. The van der Waals surface area contributed by atoms with Crippen LogP contribution in [0.5, 0.6) is 0 Å². The maximum atomic E-state index is 12.2. The molecule has 1 N–H and O–H groups in total. The molecule has 3 heterocycles. The van der Waals surface area contributed by atoms with Crippen LogP contribution in [-0.2, 0) is 0 Å². The molecule has 116 valence electrons. The van der Waals surface area contributed by atoms with Gasteiger partial charge in [-0.3, -0.25) is 4.79 Å². The zero-order valence-corrected chi connectivity index (χ0v) is 13.0. The van der Waals surface area contributed by atoms with Crippen LogP contribution in [0.3, 0.4) is 0 Å². The molecule has 0 unspecified atom stereocenters. The van der Waals surface area contributed by atoms with Gasteiger partial charge in [0.2, 0.25) is 5.13 Å². The molecule has 0 aromatic carbocycles. The number of piperidine rings is 1. The zero-order chi connectivity index (χ0) is 14.9. The topological polar surface area (TPSA) is 71.3 Å². The van der Waals surface area contributed by atoms with Crippen LogP contribution in [-0.4, -0.2) is 39.3 Å². The standard InChI is InChI=1S/C15H18N4O2S/c20-14(12-2-1-9-21-12)19-7-5-11(6-8-19)16-15-17-13(18-22-15)10-3-4-10/h1-2,9-11H,3-8H2,(H,16,17,18). The van der Waals surface area contributed by atoms with Crippen LogP contribution in [0.1, 0.15) is 48.0 Å². The number of aromatic nitrogens is 2. The Labute approximate surface area is 132 Å². The van der Waals surface area contributed by atoms with Crippen LogP contribution >= 0.6 is 11.5 Å². The summed E-state index contributed by atoms with van der Waals surface area (Å²) in [6.07, 6.45) is 5.83. The van der Waals surface area contributed by atoms with Crippen molar-refractivity contribution in [3.05, 3.63) is 30.0 Å². The number of anilines is 1. The number of amides is 1.